The minimum absolute atomic E-state index is 0.263. The van der Waals surface area contributed by atoms with Crippen LogP contribution in [0.1, 0.15) is 31.3 Å². The van der Waals surface area contributed by atoms with Crippen molar-refractivity contribution in [1.29, 1.82) is 0 Å². The number of hydrogen-bond acceptors (Lipinski definition) is 2. The van der Waals surface area contributed by atoms with E-state index in [-0.39, 0.29) is 5.97 Å². The molecule has 2 rings (SSSR count). The lowest BCUT2D eigenvalue weighted by Gasteiger charge is -2.08. The molecule has 19 heavy (non-hydrogen) atoms. The van der Waals surface area contributed by atoms with E-state index in [2.05, 4.69) is 19.9 Å². The van der Waals surface area contributed by atoms with Gasteiger partial charge in [-0.05, 0) is 32.9 Å². The molecule has 0 saturated heterocycles. The van der Waals surface area contributed by atoms with Gasteiger partial charge in [0, 0.05) is 17.4 Å². The van der Waals surface area contributed by atoms with Crippen LogP contribution < -0.4 is 0 Å². The zero-order valence-electron chi connectivity index (χ0n) is 11.6. The van der Waals surface area contributed by atoms with Crippen molar-refractivity contribution >= 4 is 16.9 Å². The Morgan fingerprint density at radius 2 is 2.05 bits per heavy atom. The largest absolute Gasteiger partial charge is 0.461 e. The Morgan fingerprint density at radius 3 is 2.74 bits per heavy atom. The Kier molecular flexibility index (Phi) is 4.05. The number of rotatable bonds is 4. The van der Waals surface area contributed by atoms with Crippen molar-refractivity contribution in [2.45, 2.75) is 27.3 Å². The number of aromatic nitrogens is 1. The first-order valence-electron chi connectivity index (χ1n) is 6.52. The number of allylic oxidation sites excluding steroid dienone is 2. The lowest BCUT2D eigenvalue weighted by Crippen LogP contribution is -2.11. The van der Waals surface area contributed by atoms with Gasteiger partial charge in [0.15, 0.2) is 0 Å². The second-order valence-corrected chi connectivity index (χ2v) is 4.70. The molecule has 0 aliphatic heterocycles. The van der Waals surface area contributed by atoms with Gasteiger partial charge in [-0.25, -0.2) is 4.79 Å². The van der Waals surface area contributed by atoms with Gasteiger partial charge in [0.05, 0.1) is 6.61 Å². The Labute approximate surface area is 113 Å². The number of benzene rings is 1. The summed E-state index contributed by atoms with van der Waals surface area (Å²) in [5, 5.41) is 1.06. The lowest BCUT2D eigenvalue weighted by molar-refractivity contribution is 0.0515. The normalized spacial score (nSPS) is 10.5. The summed E-state index contributed by atoms with van der Waals surface area (Å²) in [6.07, 6.45) is 2.11. The Hall–Kier alpha value is -2.03. The average Bonchev–Trinajstić information content (AvgIpc) is 2.75. The number of hydrogen-bond donors (Lipinski definition) is 0. The maximum Gasteiger partial charge on any atom is 0.354 e. The molecule has 100 valence electrons. The number of ether oxygens (including phenoxy) is 1. The minimum atomic E-state index is -0.263. The van der Waals surface area contributed by atoms with Gasteiger partial charge in [-0.1, -0.05) is 29.8 Å². The zero-order chi connectivity index (χ0) is 13.8. The smallest absolute Gasteiger partial charge is 0.354 e. The van der Waals surface area contributed by atoms with Crippen LogP contribution in [-0.2, 0) is 11.3 Å². The molecule has 1 heterocycles. The second kappa shape index (κ2) is 5.74. The molecule has 0 N–H and O–H groups in total. The predicted octanol–water partition coefficient (Wildman–Crippen LogP) is 3.78. The maximum atomic E-state index is 12.0. The van der Waals surface area contributed by atoms with E-state index in [0.29, 0.717) is 18.8 Å². The van der Waals surface area contributed by atoms with Crippen molar-refractivity contribution in [2.75, 3.05) is 6.61 Å². The van der Waals surface area contributed by atoms with Gasteiger partial charge in [-0.2, -0.15) is 0 Å². The van der Waals surface area contributed by atoms with Gasteiger partial charge in [0.25, 0.3) is 0 Å². The second-order valence-electron chi connectivity index (χ2n) is 4.70. The molecule has 3 heteroatoms. The van der Waals surface area contributed by atoms with Gasteiger partial charge in [0.1, 0.15) is 5.69 Å². The van der Waals surface area contributed by atoms with Crippen molar-refractivity contribution in [3.63, 3.8) is 0 Å². The van der Waals surface area contributed by atoms with E-state index in [9.17, 15) is 4.79 Å². The molecule has 1 aromatic heterocycles. The first kappa shape index (κ1) is 13.4. The van der Waals surface area contributed by atoms with E-state index in [1.54, 1.807) is 0 Å². The number of carbonyl (C=O) groups is 1. The fraction of sp³-hybridized carbons (Fsp3) is 0.312. The number of para-hydroxylation sites is 1. The van der Waals surface area contributed by atoms with E-state index >= 15 is 0 Å². The summed E-state index contributed by atoms with van der Waals surface area (Å²) in [4.78, 5) is 12.0. The Balaban J connectivity index is 2.51. The van der Waals surface area contributed by atoms with Crippen LogP contribution in [0.5, 0.6) is 0 Å². The van der Waals surface area contributed by atoms with Crippen LogP contribution in [0.15, 0.2) is 42.0 Å². The van der Waals surface area contributed by atoms with Gasteiger partial charge >= 0.3 is 5.97 Å². The maximum absolute atomic E-state index is 12.0. The van der Waals surface area contributed by atoms with Crippen LogP contribution in [0.3, 0.4) is 0 Å². The highest BCUT2D eigenvalue weighted by Crippen LogP contribution is 2.21. The minimum Gasteiger partial charge on any atom is -0.461 e. The molecule has 0 unspecified atom stereocenters. The quantitative estimate of drug-likeness (QED) is 0.616. The Morgan fingerprint density at radius 1 is 1.32 bits per heavy atom. The highest BCUT2D eigenvalue weighted by molar-refractivity contribution is 5.95. The molecule has 0 spiro atoms. The van der Waals surface area contributed by atoms with Crippen LogP contribution >= 0.6 is 0 Å². The molecule has 0 saturated carbocycles. The van der Waals surface area contributed by atoms with E-state index < -0.39 is 0 Å². The van der Waals surface area contributed by atoms with Gasteiger partial charge in [0.2, 0.25) is 0 Å². The highest BCUT2D eigenvalue weighted by Gasteiger charge is 2.15. The van der Waals surface area contributed by atoms with Crippen LogP contribution in [-0.4, -0.2) is 17.1 Å². The molecule has 3 nitrogen and oxygen atoms in total. The van der Waals surface area contributed by atoms with E-state index in [4.69, 9.17) is 4.74 Å². The van der Waals surface area contributed by atoms with Crippen molar-refractivity contribution in [2.24, 2.45) is 0 Å². The monoisotopic (exact) mass is 257 g/mol. The molecule has 0 aliphatic rings. The molecular formula is C16H19NO2. The summed E-state index contributed by atoms with van der Waals surface area (Å²) in [5.74, 6) is -0.263. The van der Waals surface area contributed by atoms with Crippen LogP contribution in [0.2, 0.25) is 0 Å². The Bertz CT molecular complexity index is 619. The SMILES string of the molecule is CCOC(=O)c1cc2ccccc2n1CC=C(C)C. The summed E-state index contributed by atoms with van der Waals surface area (Å²) in [6, 6.07) is 9.89. The fourth-order valence-corrected chi connectivity index (χ4v) is 2.06. The predicted molar refractivity (Wildman–Crippen MR) is 77.3 cm³/mol. The highest BCUT2D eigenvalue weighted by atomic mass is 16.5. The van der Waals surface area contributed by atoms with Crippen molar-refractivity contribution in [1.82, 2.24) is 4.57 Å². The topological polar surface area (TPSA) is 31.2 Å². The molecule has 0 aliphatic carbocycles. The van der Waals surface area contributed by atoms with Gasteiger partial charge < -0.3 is 9.30 Å². The van der Waals surface area contributed by atoms with E-state index in [0.717, 1.165) is 10.9 Å². The molecule has 0 radical (unpaired) electrons. The lowest BCUT2D eigenvalue weighted by atomic mass is 10.2. The van der Waals surface area contributed by atoms with Crippen LogP contribution in [0.4, 0.5) is 0 Å². The van der Waals surface area contributed by atoms with Gasteiger partial charge in [-0.3, -0.25) is 0 Å². The number of esters is 1. The van der Waals surface area contributed by atoms with E-state index in [1.807, 2.05) is 41.8 Å². The summed E-state index contributed by atoms with van der Waals surface area (Å²) in [6.45, 7) is 7.00. The van der Waals surface area contributed by atoms with Crippen molar-refractivity contribution in [3.8, 4) is 0 Å². The zero-order valence-corrected chi connectivity index (χ0v) is 11.6. The van der Waals surface area contributed by atoms with Crippen molar-refractivity contribution < 1.29 is 9.53 Å². The molecule has 1 aromatic carbocycles. The summed E-state index contributed by atoms with van der Waals surface area (Å²) >= 11 is 0. The third-order valence-corrected chi connectivity index (χ3v) is 2.98. The number of carbonyl (C=O) groups excluding carboxylic acids is 1. The van der Waals surface area contributed by atoms with Gasteiger partial charge in [-0.15, -0.1) is 0 Å². The van der Waals surface area contributed by atoms with Crippen LogP contribution in [0.25, 0.3) is 10.9 Å². The van der Waals surface area contributed by atoms with E-state index in [1.165, 1.54) is 5.57 Å². The van der Waals surface area contributed by atoms with Crippen molar-refractivity contribution in [3.05, 3.63) is 47.7 Å². The fourth-order valence-electron chi connectivity index (χ4n) is 2.06. The molecule has 0 atom stereocenters. The number of fused-ring (bicyclic) bond motifs is 1. The summed E-state index contributed by atoms with van der Waals surface area (Å²) in [7, 11) is 0. The molecule has 0 fully saturated rings. The first-order chi connectivity index (χ1) is 9.13. The van der Waals surface area contributed by atoms with Crippen LogP contribution in [0, 0.1) is 0 Å². The number of nitrogens with zero attached hydrogens (tertiary/aromatic N) is 1. The molecular weight excluding hydrogens is 238 g/mol. The average molecular weight is 257 g/mol. The third kappa shape index (κ3) is 2.87. The first-order valence-corrected chi connectivity index (χ1v) is 6.52. The molecule has 0 bridgehead atoms. The standard InChI is InChI=1S/C16H19NO2/c1-4-19-16(18)15-11-13-7-5-6-8-14(13)17(15)10-9-12(2)3/h5-9,11H,4,10H2,1-3H3. The molecule has 2 aromatic rings. The third-order valence-electron chi connectivity index (χ3n) is 2.98. The summed E-state index contributed by atoms with van der Waals surface area (Å²) in [5.41, 5.74) is 2.90. The molecule has 0 amide bonds. The summed E-state index contributed by atoms with van der Waals surface area (Å²) < 4.78 is 7.12.